The number of hydrogen-bond donors (Lipinski definition) is 2. The van der Waals surface area contributed by atoms with Crippen molar-refractivity contribution >= 4 is 11.6 Å². The van der Waals surface area contributed by atoms with Crippen molar-refractivity contribution in [3.8, 4) is 5.75 Å². The van der Waals surface area contributed by atoms with Crippen LogP contribution in [0.2, 0.25) is 5.02 Å². The maximum atomic E-state index is 5.91. The molecule has 1 aromatic carbocycles. The first-order valence-electron chi connectivity index (χ1n) is 5.91. The minimum absolute atomic E-state index is 0.000802. The summed E-state index contributed by atoms with van der Waals surface area (Å²) in [5.41, 5.74) is 2.81. The number of rotatable bonds is 6. The van der Waals surface area contributed by atoms with Gasteiger partial charge in [-0.1, -0.05) is 31.5 Å². The number of hydrogen-bond acceptors (Lipinski definition) is 3. The second kappa shape index (κ2) is 6.84. The Balaban J connectivity index is 2.60. The number of hydrazine groups is 1. The predicted octanol–water partition coefficient (Wildman–Crippen LogP) is 2.99. The van der Waals surface area contributed by atoms with Crippen LogP contribution < -0.4 is 16.0 Å². The number of benzene rings is 1. The van der Waals surface area contributed by atoms with Crippen molar-refractivity contribution in [1.29, 1.82) is 0 Å². The van der Waals surface area contributed by atoms with E-state index in [1.165, 1.54) is 0 Å². The van der Waals surface area contributed by atoms with Gasteiger partial charge in [0.05, 0.1) is 6.04 Å². The summed E-state index contributed by atoms with van der Waals surface area (Å²) < 4.78 is 5.82. The number of halogens is 1. The predicted molar refractivity (Wildman–Crippen MR) is 72.1 cm³/mol. The summed E-state index contributed by atoms with van der Waals surface area (Å²) in [6.07, 6.45) is 0.971. The summed E-state index contributed by atoms with van der Waals surface area (Å²) in [5.74, 6) is 6.89. The molecule has 2 unspecified atom stereocenters. The third kappa shape index (κ3) is 4.94. The molecule has 0 aliphatic heterocycles. The SMILES string of the molecule is CC(C)CC(NN)C(C)Oc1cccc(Cl)c1. The molecule has 0 spiro atoms. The van der Waals surface area contributed by atoms with Crippen LogP contribution in [-0.4, -0.2) is 12.1 Å². The summed E-state index contributed by atoms with van der Waals surface area (Å²) >= 11 is 5.91. The Morgan fingerprint density at radius 3 is 2.59 bits per heavy atom. The average Bonchev–Trinajstić information content (AvgIpc) is 2.25. The van der Waals surface area contributed by atoms with Gasteiger partial charge in [-0.15, -0.1) is 0 Å². The van der Waals surface area contributed by atoms with Crippen molar-refractivity contribution in [3.63, 3.8) is 0 Å². The van der Waals surface area contributed by atoms with E-state index in [0.717, 1.165) is 12.2 Å². The van der Waals surface area contributed by atoms with Gasteiger partial charge >= 0.3 is 0 Å². The molecule has 4 heteroatoms. The minimum Gasteiger partial charge on any atom is -0.489 e. The molecule has 2 atom stereocenters. The fraction of sp³-hybridized carbons (Fsp3) is 0.538. The fourth-order valence-electron chi connectivity index (χ4n) is 1.74. The molecule has 0 amide bonds. The minimum atomic E-state index is 0.000802. The van der Waals surface area contributed by atoms with E-state index in [1.54, 1.807) is 6.07 Å². The maximum Gasteiger partial charge on any atom is 0.121 e. The molecule has 17 heavy (non-hydrogen) atoms. The van der Waals surface area contributed by atoms with Crippen molar-refractivity contribution in [1.82, 2.24) is 5.43 Å². The van der Waals surface area contributed by atoms with Crippen LogP contribution >= 0.6 is 11.6 Å². The second-order valence-electron chi connectivity index (χ2n) is 4.68. The molecule has 1 aromatic rings. The van der Waals surface area contributed by atoms with E-state index in [2.05, 4.69) is 19.3 Å². The summed E-state index contributed by atoms with van der Waals surface area (Å²) in [4.78, 5) is 0. The lowest BCUT2D eigenvalue weighted by Crippen LogP contribution is -2.45. The Morgan fingerprint density at radius 2 is 2.06 bits per heavy atom. The van der Waals surface area contributed by atoms with Gasteiger partial charge in [-0.05, 0) is 37.5 Å². The van der Waals surface area contributed by atoms with Gasteiger partial charge in [-0.3, -0.25) is 11.3 Å². The highest BCUT2D eigenvalue weighted by Crippen LogP contribution is 2.20. The van der Waals surface area contributed by atoms with Gasteiger partial charge in [0.1, 0.15) is 11.9 Å². The monoisotopic (exact) mass is 256 g/mol. The third-order valence-corrected chi connectivity index (χ3v) is 2.86. The first-order valence-corrected chi connectivity index (χ1v) is 6.29. The third-order valence-electron chi connectivity index (χ3n) is 2.62. The molecule has 0 bridgehead atoms. The maximum absolute atomic E-state index is 5.91. The number of ether oxygens (including phenoxy) is 1. The molecule has 0 aromatic heterocycles. The lowest BCUT2D eigenvalue weighted by molar-refractivity contribution is 0.157. The van der Waals surface area contributed by atoms with E-state index >= 15 is 0 Å². The van der Waals surface area contributed by atoms with Crippen molar-refractivity contribution in [2.75, 3.05) is 0 Å². The van der Waals surface area contributed by atoms with Crippen LogP contribution in [0.15, 0.2) is 24.3 Å². The van der Waals surface area contributed by atoms with E-state index < -0.39 is 0 Å². The average molecular weight is 257 g/mol. The molecular formula is C13H21ClN2O. The lowest BCUT2D eigenvalue weighted by atomic mass is 10.0. The van der Waals surface area contributed by atoms with Crippen molar-refractivity contribution in [3.05, 3.63) is 29.3 Å². The number of nitrogens with two attached hydrogens (primary N) is 1. The van der Waals surface area contributed by atoms with Gasteiger partial charge in [0.15, 0.2) is 0 Å². The molecule has 0 saturated heterocycles. The zero-order valence-corrected chi connectivity index (χ0v) is 11.4. The summed E-state index contributed by atoms with van der Waals surface area (Å²) in [5, 5.41) is 0.677. The Kier molecular flexibility index (Phi) is 5.75. The smallest absolute Gasteiger partial charge is 0.121 e. The van der Waals surface area contributed by atoms with Crippen LogP contribution in [0.3, 0.4) is 0 Å². The largest absolute Gasteiger partial charge is 0.489 e. The van der Waals surface area contributed by atoms with Gasteiger partial charge in [0.25, 0.3) is 0 Å². The standard InChI is InChI=1S/C13H21ClN2O/c1-9(2)7-13(16-15)10(3)17-12-6-4-5-11(14)8-12/h4-6,8-10,13,16H,7,15H2,1-3H3. The highest BCUT2D eigenvalue weighted by atomic mass is 35.5. The van der Waals surface area contributed by atoms with Gasteiger partial charge in [-0.2, -0.15) is 0 Å². The molecule has 0 radical (unpaired) electrons. The molecule has 0 saturated carbocycles. The lowest BCUT2D eigenvalue weighted by Gasteiger charge is -2.25. The Hall–Kier alpha value is -0.770. The van der Waals surface area contributed by atoms with Crippen molar-refractivity contribution < 1.29 is 4.74 Å². The first-order chi connectivity index (χ1) is 8.02. The molecular weight excluding hydrogens is 236 g/mol. The Labute approximate surface area is 108 Å². The molecule has 0 aliphatic rings. The second-order valence-corrected chi connectivity index (χ2v) is 5.12. The van der Waals surface area contributed by atoms with Crippen molar-refractivity contribution in [2.24, 2.45) is 11.8 Å². The summed E-state index contributed by atoms with van der Waals surface area (Å²) in [7, 11) is 0. The molecule has 0 fully saturated rings. The van der Waals surface area contributed by atoms with Gasteiger partial charge < -0.3 is 4.74 Å². The Morgan fingerprint density at radius 1 is 1.35 bits per heavy atom. The molecule has 3 nitrogen and oxygen atoms in total. The molecule has 0 heterocycles. The van der Waals surface area contributed by atoms with E-state index in [-0.39, 0.29) is 12.1 Å². The molecule has 3 N–H and O–H groups in total. The summed E-state index contributed by atoms with van der Waals surface area (Å²) in [6.45, 7) is 6.33. The molecule has 1 rings (SSSR count). The quantitative estimate of drug-likeness (QED) is 0.608. The van der Waals surface area contributed by atoms with Gasteiger partial charge in [0.2, 0.25) is 0 Å². The van der Waals surface area contributed by atoms with E-state index in [1.807, 2.05) is 25.1 Å². The highest BCUT2D eigenvalue weighted by Gasteiger charge is 2.18. The topological polar surface area (TPSA) is 47.3 Å². The van der Waals surface area contributed by atoms with E-state index in [4.69, 9.17) is 22.2 Å². The zero-order valence-electron chi connectivity index (χ0n) is 10.6. The van der Waals surface area contributed by atoms with Crippen LogP contribution in [0.1, 0.15) is 27.2 Å². The number of nitrogens with one attached hydrogen (secondary N) is 1. The van der Waals surface area contributed by atoms with Crippen LogP contribution in [-0.2, 0) is 0 Å². The zero-order chi connectivity index (χ0) is 12.8. The van der Waals surface area contributed by atoms with Crippen molar-refractivity contribution in [2.45, 2.75) is 39.3 Å². The fourth-order valence-corrected chi connectivity index (χ4v) is 1.92. The van der Waals surface area contributed by atoms with Crippen LogP contribution in [0.4, 0.5) is 0 Å². The van der Waals surface area contributed by atoms with Gasteiger partial charge in [-0.25, -0.2) is 0 Å². The molecule has 0 aliphatic carbocycles. The normalized spacial score (nSPS) is 14.7. The summed E-state index contributed by atoms with van der Waals surface area (Å²) in [6, 6.07) is 7.53. The van der Waals surface area contributed by atoms with Crippen LogP contribution in [0.25, 0.3) is 0 Å². The molecule has 96 valence electrons. The van der Waals surface area contributed by atoms with Crippen LogP contribution in [0.5, 0.6) is 5.75 Å². The highest BCUT2D eigenvalue weighted by molar-refractivity contribution is 6.30. The van der Waals surface area contributed by atoms with Crippen LogP contribution in [0, 0.1) is 5.92 Å². The van der Waals surface area contributed by atoms with E-state index in [0.29, 0.717) is 10.9 Å². The van der Waals surface area contributed by atoms with Gasteiger partial charge in [0, 0.05) is 5.02 Å². The Bertz CT molecular complexity index is 344. The first kappa shape index (κ1) is 14.3. The van der Waals surface area contributed by atoms with E-state index in [9.17, 15) is 0 Å².